The van der Waals surface area contributed by atoms with Crippen LogP contribution in [-0.2, 0) is 0 Å². The van der Waals surface area contributed by atoms with Gasteiger partial charge >= 0.3 is 0 Å². The van der Waals surface area contributed by atoms with Gasteiger partial charge in [-0.15, -0.1) is 22.7 Å². The van der Waals surface area contributed by atoms with Crippen molar-refractivity contribution >= 4 is 151 Å². The molecule has 12 aromatic carbocycles. The number of rotatable bonds is 6. The Kier molecular flexibility index (Phi) is 8.36. The van der Waals surface area contributed by atoms with Gasteiger partial charge in [-0.25, -0.2) is 0 Å². The van der Waals surface area contributed by atoms with E-state index in [4.69, 9.17) is 0 Å². The average molecular weight is 875 g/mol. The van der Waals surface area contributed by atoms with Crippen LogP contribution in [0.4, 0.5) is 34.1 Å². The van der Waals surface area contributed by atoms with Gasteiger partial charge in [0, 0.05) is 74.5 Å². The molecule has 0 atom stereocenters. The fraction of sp³-hybridized carbons (Fsp3) is 0. The highest BCUT2D eigenvalue weighted by Gasteiger charge is 2.19. The van der Waals surface area contributed by atoms with Crippen molar-refractivity contribution in [2.75, 3.05) is 9.80 Å². The van der Waals surface area contributed by atoms with Crippen LogP contribution >= 0.6 is 22.7 Å². The van der Waals surface area contributed by atoms with Gasteiger partial charge in [-0.1, -0.05) is 133 Å². The van der Waals surface area contributed by atoms with Crippen molar-refractivity contribution in [2.45, 2.75) is 0 Å². The Labute approximate surface area is 389 Å². The molecule has 0 fully saturated rings. The SMILES string of the molecule is c1ccc2cc(N(c3ccc4ccccc4c3)c3ccc4c(c3)sc3cc5cc6sc7cc(N(c8ccc9ccccc9c8)c8ccc9ccccc9c8)ccc7c6cc5cc34)ccc2c1. The largest absolute Gasteiger partial charge is 0.310 e. The number of nitrogens with zero attached hydrogens (tertiary/aromatic N) is 2. The van der Waals surface area contributed by atoms with Crippen LogP contribution in [0.15, 0.2) is 231 Å². The first-order chi connectivity index (χ1) is 32.6. The van der Waals surface area contributed by atoms with E-state index >= 15 is 0 Å². The maximum absolute atomic E-state index is 2.42. The van der Waals surface area contributed by atoms with E-state index in [1.165, 1.54) is 94.2 Å². The van der Waals surface area contributed by atoms with Crippen molar-refractivity contribution < 1.29 is 0 Å². The van der Waals surface area contributed by atoms with Gasteiger partial charge in [0.05, 0.1) is 0 Å². The van der Waals surface area contributed by atoms with E-state index in [1.807, 2.05) is 22.7 Å². The van der Waals surface area contributed by atoms with Crippen LogP contribution in [0.5, 0.6) is 0 Å². The average Bonchev–Trinajstić information content (AvgIpc) is 3.91. The molecule has 2 heterocycles. The highest BCUT2D eigenvalue weighted by molar-refractivity contribution is 7.26. The number of benzene rings is 12. The second-order valence-corrected chi connectivity index (χ2v) is 19.6. The van der Waals surface area contributed by atoms with Crippen LogP contribution in [0, 0.1) is 0 Å². The van der Waals surface area contributed by atoms with Gasteiger partial charge in [-0.2, -0.15) is 0 Å². The van der Waals surface area contributed by atoms with Gasteiger partial charge in [0.1, 0.15) is 0 Å². The summed E-state index contributed by atoms with van der Waals surface area (Å²) in [7, 11) is 0. The van der Waals surface area contributed by atoms with Crippen molar-refractivity contribution in [3.63, 3.8) is 0 Å². The topological polar surface area (TPSA) is 6.48 Å². The molecule has 0 aliphatic heterocycles. The Hall–Kier alpha value is -8.02. The Bertz CT molecular complexity index is 3840. The van der Waals surface area contributed by atoms with Crippen LogP contribution in [0.3, 0.4) is 0 Å². The molecular formula is C62H38N2S2. The molecule has 0 spiro atoms. The van der Waals surface area contributed by atoms with E-state index in [-0.39, 0.29) is 0 Å². The second-order valence-electron chi connectivity index (χ2n) is 17.4. The predicted molar refractivity (Wildman–Crippen MR) is 289 cm³/mol. The third-order valence-corrected chi connectivity index (χ3v) is 15.7. The van der Waals surface area contributed by atoms with E-state index in [0.717, 1.165) is 34.1 Å². The molecule has 0 N–H and O–H groups in total. The van der Waals surface area contributed by atoms with Gasteiger partial charge in [0.25, 0.3) is 0 Å². The summed E-state index contributed by atoms with van der Waals surface area (Å²) in [6, 6.07) is 85.4. The molecule has 0 radical (unpaired) electrons. The lowest BCUT2D eigenvalue weighted by Crippen LogP contribution is -2.09. The van der Waals surface area contributed by atoms with Gasteiger partial charge in [0.15, 0.2) is 0 Å². The van der Waals surface area contributed by atoms with Crippen molar-refractivity contribution in [2.24, 2.45) is 0 Å². The first kappa shape index (κ1) is 37.4. The number of hydrogen-bond donors (Lipinski definition) is 0. The molecule has 2 nitrogen and oxygen atoms in total. The molecule has 0 unspecified atom stereocenters. The minimum atomic E-state index is 1.14. The number of thiophene rings is 2. The first-order valence-electron chi connectivity index (χ1n) is 22.5. The summed E-state index contributed by atoms with van der Waals surface area (Å²) in [6.07, 6.45) is 0. The van der Waals surface area contributed by atoms with Crippen LogP contribution in [0.2, 0.25) is 0 Å². The zero-order chi connectivity index (χ0) is 43.3. The molecule has 0 amide bonds. The Balaban J connectivity index is 0.875. The maximum atomic E-state index is 2.42. The summed E-state index contributed by atoms with van der Waals surface area (Å²) in [5.41, 5.74) is 6.87. The highest BCUT2D eigenvalue weighted by Crippen LogP contribution is 2.46. The molecule has 0 aliphatic rings. The van der Waals surface area contributed by atoms with Crippen molar-refractivity contribution in [1.29, 1.82) is 0 Å². The van der Waals surface area contributed by atoms with E-state index in [2.05, 4.69) is 240 Å². The van der Waals surface area contributed by atoms with Crippen molar-refractivity contribution in [3.05, 3.63) is 231 Å². The minimum absolute atomic E-state index is 1.14. The zero-order valence-corrected chi connectivity index (χ0v) is 37.3. The third-order valence-electron chi connectivity index (χ3n) is 13.5. The minimum Gasteiger partial charge on any atom is -0.310 e. The third kappa shape index (κ3) is 6.14. The molecule has 2 aromatic heterocycles. The Morgan fingerprint density at radius 3 is 0.818 bits per heavy atom. The normalized spacial score (nSPS) is 11.9. The summed E-state index contributed by atoms with van der Waals surface area (Å²) in [6.45, 7) is 0. The van der Waals surface area contributed by atoms with Crippen LogP contribution in [0.1, 0.15) is 0 Å². The molecule has 308 valence electrons. The Morgan fingerprint density at radius 2 is 0.470 bits per heavy atom. The van der Waals surface area contributed by atoms with Gasteiger partial charge in [0.2, 0.25) is 0 Å². The fourth-order valence-electron chi connectivity index (χ4n) is 10.2. The maximum Gasteiger partial charge on any atom is 0.0476 e. The Morgan fingerprint density at radius 1 is 0.197 bits per heavy atom. The van der Waals surface area contributed by atoms with Crippen molar-refractivity contribution in [1.82, 2.24) is 0 Å². The molecule has 14 aromatic rings. The predicted octanol–water partition coefficient (Wildman–Crippen LogP) is 19.1. The van der Waals surface area contributed by atoms with Gasteiger partial charge < -0.3 is 9.80 Å². The van der Waals surface area contributed by atoms with Crippen LogP contribution in [0.25, 0.3) is 94.2 Å². The smallest absolute Gasteiger partial charge is 0.0476 e. The molecule has 4 heteroatoms. The molecule has 14 rings (SSSR count). The summed E-state index contributed by atoms with van der Waals surface area (Å²) in [4.78, 5) is 4.82. The van der Waals surface area contributed by atoms with Crippen LogP contribution in [-0.4, -0.2) is 0 Å². The fourth-order valence-corrected chi connectivity index (χ4v) is 12.5. The van der Waals surface area contributed by atoms with Gasteiger partial charge in [-0.05, 0) is 151 Å². The quantitative estimate of drug-likeness (QED) is 0.164. The summed E-state index contributed by atoms with van der Waals surface area (Å²) < 4.78 is 5.18. The lowest BCUT2D eigenvalue weighted by atomic mass is 10.0. The van der Waals surface area contributed by atoms with E-state index < -0.39 is 0 Å². The number of fused-ring (bicyclic) bond motifs is 11. The lowest BCUT2D eigenvalue weighted by Gasteiger charge is -2.26. The van der Waals surface area contributed by atoms with E-state index in [0.29, 0.717) is 0 Å². The number of hydrogen-bond acceptors (Lipinski definition) is 4. The van der Waals surface area contributed by atoms with Crippen molar-refractivity contribution in [3.8, 4) is 0 Å². The molecule has 0 saturated heterocycles. The molecule has 0 aliphatic carbocycles. The standard InChI is InChI=1S/C62H38N2S2/c1-5-13-43-29-49(21-17-39(43)9-1)63(50-22-18-40-10-2-6-14-44(40)30-50)53-25-27-55-57-33-47-34-58-56-28-26-54(38-62(56)66-60(58)36-48(47)35-59(57)65-61(55)37-53)64(51-23-19-41-11-3-7-15-45(41)31-51)52-24-20-42-12-4-8-16-46(42)32-52/h1-38H. The molecule has 0 saturated carbocycles. The molecule has 66 heavy (non-hydrogen) atoms. The summed E-state index contributed by atoms with van der Waals surface area (Å²) in [5.74, 6) is 0. The monoisotopic (exact) mass is 874 g/mol. The summed E-state index contributed by atoms with van der Waals surface area (Å²) in [5, 5.41) is 17.6. The molecular weight excluding hydrogens is 837 g/mol. The lowest BCUT2D eigenvalue weighted by molar-refractivity contribution is 1.30. The van der Waals surface area contributed by atoms with E-state index in [9.17, 15) is 0 Å². The highest BCUT2D eigenvalue weighted by atomic mass is 32.1. The zero-order valence-electron chi connectivity index (χ0n) is 35.7. The first-order valence-corrected chi connectivity index (χ1v) is 24.1. The summed E-state index contributed by atoms with van der Waals surface area (Å²) >= 11 is 3.77. The van der Waals surface area contributed by atoms with Gasteiger partial charge in [-0.3, -0.25) is 0 Å². The van der Waals surface area contributed by atoms with Crippen LogP contribution < -0.4 is 9.80 Å². The number of anilines is 6. The van der Waals surface area contributed by atoms with E-state index in [1.54, 1.807) is 0 Å². The molecule has 0 bridgehead atoms. The second kappa shape index (κ2) is 14.8.